The number of carbonyl (C=O) groups is 1. The second kappa shape index (κ2) is 5.38. The summed E-state index contributed by atoms with van der Waals surface area (Å²) in [5.41, 5.74) is 1.41. The van der Waals surface area contributed by atoms with E-state index in [-0.39, 0.29) is 10.6 Å². The monoisotopic (exact) mass is 291 g/mol. The van der Waals surface area contributed by atoms with E-state index in [1.807, 2.05) is 0 Å². The van der Waals surface area contributed by atoms with Gasteiger partial charge in [0, 0.05) is 18.1 Å². The molecule has 1 N–H and O–H groups in total. The van der Waals surface area contributed by atoms with Crippen molar-refractivity contribution >= 4 is 21.4 Å². The summed E-state index contributed by atoms with van der Waals surface area (Å²) in [6.45, 7) is 1.78. The van der Waals surface area contributed by atoms with Crippen molar-refractivity contribution in [1.82, 2.24) is 9.97 Å². The van der Waals surface area contributed by atoms with Gasteiger partial charge in [0.25, 0.3) is 5.91 Å². The molecule has 20 heavy (non-hydrogen) atoms. The number of amides is 1. The van der Waals surface area contributed by atoms with Crippen LogP contribution in [0.1, 0.15) is 16.2 Å². The Hall–Kier alpha value is -2.28. The quantitative estimate of drug-likeness (QED) is 0.924. The molecule has 1 heterocycles. The van der Waals surface area contributed by atoms with Crippen LogP contribution in [0.3, 0.4) is 0 Å². The first-order valence-electron chi connectivity index (χ1n) is 5.76. The van der Waals surface area contributed by atoms with Crippen LogP contribution in [0.4, 0.5) is 5.69 Å². The number of aromatic nitrogens is 2. The fraction of sp³-hybridized carbons (Fsp3) is 0.154. The molecule has 0 saturated carbocycles. The van der Waals surface area contributed by atoms with Crippen molar-refractivity contribution in [3.05, 3.63) is 48.0 Å². The molecule has 1 aromatic carbocycles. The van der Waals surface area contributed by atoms with E-state index in [1.165, 1.54) is 36.7 Å². The maximum atomic E-state index is 11.9. The molecule has 0 fully saturated rings. The van der Waals surface area contributed by atoms with E-state index in [2.05, 4.69) is 15.3 Å². The van der Waals surface area contributed by atoms with Gasteiger partial charge in [0.15, 0.2) is 9.84 Å². The molecule has 7 heteroatoms. The first-order chi connectivity index (χ1) is 9.36. The second-order valence-corrected chi connectivity index (χ2v) is 6.31. The topological polar surface area (TPSA) is 89.0 Å². The second-order valence-electron chi connectivity index (χ2n) is 4.29. The van der Waals surface area contributed by atoms with Crippen LogP contribution in [0.15, 0.2) is 41.6 Å². The SMILES string of the molecule is Cc1cnc(C(=O)Nc2ccc(S(C)(=O)=O)cc2)cn1. The first-order valence-corrected chi connectivity index (χ1v) is 7.65. The summed E-state index contributed by atoms with van der Waals surface area (Å²) < 4.78 is 22.6. The summed E-state index contributed by atoms with van der Waals surface area (Å²) in [6.07, 6.45) is 4.01. The molecule has 0 saturated heterocycles. The predicted molar refractivity (Wildman–Crippen MR) is 74.3 cm³/mol. The number of nitrogens with zero attached hydrogens (tertiary/aromatic N) is 2. The molecular weight excluding hydrogens is 278 g/mol. The summed E-state index contributed by atoms with van der Waals surface area (Å²) in [5, 5.41) is 2.62. The molecule has 0 aliphatic carbocycles. The number of nitrogens with one attached hydrogen (secondary N) is 1. The Balaban J connectivity index is 2.14. The largest absolute Gasteiger partial charge is 0.321 e. The minimum Gasteiger partial charge on any atom is -0.321 e. The van der Waals surface area contributed by atoms with Gasteiger partial charge in [0.2, 0.25) is 0 Å². The molecule has 1 aromatic heterocycles. The Morgan fingerprint density at radius 2 is 1.75 bits per heavy atom. The molecule has 0 bridgehead atoms. The zero-order chi connectivity index (χ0) is 14.8. The molecule has 2 aromatic rings. The summed E-state index contributed by atoms with van der Waals surface area (Å²) in [6, 6.07) is 5.92. The van der Waals surface area contributed by atoms with E-state index >= 15 is 0 Å². The van der Waals surface area contributed by atoms with Crippen molar-refractivity contribution in [3.63, 3.8) is 0 Å². The van der Waals surface area contributed by atoms with Crippen LogP contribution in [0.5, 0.6) is 0 Å². The van der Waals surface area contributed by atoms with Gasteiger partial charge in [0.05, 0.1) is 16.8 Å². The van der Waals surface area contributed by atoms with E-state index in [1.54, 1.807) is 6.92 Å². The molecule has 0 spiro atoms. The Morgan fingerprint density at radius 3 is 2.25 bits per heavy atom. The molecular formula is C13H13N3O3S. The lowest BCUT2D eigenvalue weighted by Crippen LogP contribution is -2.14. The van der Waals surface area contributed by atoms with Crippen LogP contribution in [0.25, 0.3) is 0 Å². The molecule has 0 aliphatic rings. The summed E-state index contributed by atoms with van der Waals surface area (Å²) in [5.74, 6) is -0.399. The fourth-order valence-corrected chi connectivity index (χ4v) is 2.12. The predicted octanol–water partition coefficient (Wildman–Crippen LogP) is 1.44. The number of anilines is 1. The van der Waals surface area contributed by atoms with Crippen molar-refractivity contribution < 1.29 is 13.2 Å². The van der Waals surface area contributed by atoms with E-state index < -0.39 is 15.7 Å². The van der Waals surface area contributed by atoms with Gasteiger partial charge in [-0.15, -0.1) is 0 Å². The highest BCUT2D eigenvalue weighted by Gasteiger charge is 2.10. The molecule has 0 radical (unpaired) electrons. The van der Waals surface area contributed by atoms with Crippen molar-refractivity contribution in [2.75, 3.05) is 11.6 Å². The lowest BCUT2D eigenvalue weighted by atomic mass is 10.3. The zero-order valence-corrected chi connectivity index (χ0v) is 11.8. The number of benzene rings is 1. The Morgan fingerprint density at radius 1 is 1.10 bits per heavy atom. The van der Waals surface area contributed by atoms with Crippen molar-refractivity contribution in [2.45, 2.75) is 11.8 Å². The highest BCUT2D eigenvalue weighted by molar-refractivity contribution is 7.90. The van der Waals surface area contributed by atoms with Gasteiger partial charge in [-0.3, -0.25) is 9.78 Å². The fourth-order valence-electron chi connectivity index (χ4n) is 1.49. The highest BCUT2D eigenvalue weighted by atomic mass is 32.2. The Kier molecular flexibility index (Phi) is 3.80. The third-order valence-electron chi connectivity index (χ3n) is 2.55. The van der Waals surface area contributed by atoms with Gasteiger partial charge in [-0.25, -0.2) is 13.4 Å². The van der Waals surface area contributed by atoms with Crippen LogP contribution in [0.2, 0.25) is 0 Å². The van der Waals surface area contributed by atoms with Crippen LogP contribution in [-0.2, 0) is 9.84 Å². The average Bonchev–Trinajstić information content (AvgIpc) is 2.39. The Labute approximate surface area is 116 Å². The Bertz CT molecular complexity index is 722. The lowest BCUT2D eigenvalue weighted by Gasteiger charge is -2.05. The molecule has 0 aliphatic heterocycles. The third kappa shape index (κ3) is 3.39. The number of sulfone groups is 1. The number of hydrogen-bond donors (Lipinski definition) is 1. The first kappa shape index (κ1) is 14.1. The van der Waals surface area contributed by atoms with Crippen molar-refractivity contribution in [2.24, 2.45) is 0 Å². The van der Waals surface area contributed by atoms with Crippen molar-refractivity contribution in [1.29, 1.82) is 0 Å². The van der Waals surface area contributed by atoms with Gasteiger partial charge >= 0.3 is 0 Å². The molecule has 2 rings (SSSR count). The zero-order valence-electron chi connectivity index (χ0n) is 11.0. The summed E-state index contributed by atoms with van der Waals surface area (Å²) in [4.78, 5) is 20.0. The molecule has 0 unspecified atom stereocenters. The minimum absolute atomic E-state index is 0.197. The van der Waals surface area contributed by atoms with Crippen LogP contribution < -0.4 is 5.32 Å². The molecule has 6 nitrogen and oxygen atoms in total. The van der Waals surface area contributed by atoms with Crippen molar-refractivity contribution in [3.8, 4) is 0 Å². The number of rotatable bonds is 3. The molecule has 0 atom stereocenters. The third-order valence-corrected chi connectivity index (χ3v) is 3.68. The lowest BCUT2D eigenvalue weighted by molar-refractivity contribution is 0.102. The van der Waals surface area contributed by atoms with E-state index in [0.29, 0.717) is 5.69 Å². The van der Waals surface area contributed by atoms with Gasteiger partial charge in [-0.1, -0.05) is 0 Å². The molecule has 104 valence electrons. The van der Waals surface area contributed by atoms with E-state index in [4.69, 9.17) is 0 Å². The summed E-state index contributed by atoms with van der Waals surface area (Å²) in [7, 11) is -3.24. The normalized spacial score (nSPS) is 11.1. The van der Waals surface area contributed by atoms with Gasteiger partial charge in [-0.2, -0.15) is 0 Å². The van der Waals surface area contributed by atoms with E-state index in [9.17, 15) is 13.2 Å². The summed E-state index contributed by atoms with van der Waals surface area (Å²) >= 11 is 0. The maximum Gasteiger partial charge on any atom is 0.275 e. The highest BCUT2D eigenvalue weighted by Crippen LogP contribution is 2.14. The van der Waals surface area contributed by atoms with Gasteiger partial charge in [-0.05, 0) is 31.2 Å². The van der Waals surface area contributed by atoms with Gasteiger partial charge < -0.3 is 5.32 Å². The standard InChI is InChI=1S/C13H13N3O3S/c1-9-7-15-12(8-14-9)13(17)16-10-3-5-11(6-4-10)20(2,18)19/h3-8H,1-2H3,(H,16,17). The smallest absolute Gasteiger partial charge is 0.275 e. The average molecular weight is 291 g/mol. The number of carbonyl (C=O) groups excluding carboxylic acids is 1. The van der Waals surface area contributed by atoms with Gasteiger partial charge in [0.1, 0.15) is 5.69 Å². The van der Waals surface area contributed by atoms with Crippen LogP contribution >= 0.6 is 0 Å². The minimum atomic E-state index is -3.24. The van der Waals surface area contributed by atoms with E-state index in [0.717, 1.165) is 11.9 Å². The number of aryl methyl sites for hydroxylation is 1. The van der Waals surface area contributed by atoms with Crippen LogP contribution in [0, 0.1) is 6.92 Å². The molecule has 1 amide bonds. The maximum absolute atomic E-state index is 11.9. The van der Waals surface area contributed by atoms with Crippen LogP contribution in [-0.4, -0.2) is 30.5 Å². The number of hydrogen-bond acceptors (Lipinski definition) is 5.